The van der Waals surface area contributed by atoms with Gasteiger partial charge in [0.25, 0.3) is 0 Å². The molecule has 0 aliphatic rings. The molecule has 0 radical (unpaired) electrons. The average molecular weight is 218 g/mol. The fourth-order valence-electron chi connectivity index (χ4n) is 1.85. The summed E-state index contributed by atoms with van der Waals surface area (Å²) in [5.41, 5.74) is 2.85. The molecule has 0 bridgehead atoms. The third kappa shape index (κ3) is 5.11. The molecule has 0 aliphatic carbocycles. The molecule has 0 saturated carbocycles. The van der Waals surface area contributed by atoms with Crippen molar-refractivity contribution in [3.8, 4) is 0 Å². The number of hydrogen-bond donors (Lipinski definition) is 0. The van der Waals surface area contributed by atoms with Gasteiger partial charge in [-0.25, -0.2) is 0 Å². The van der Waals surface area contributed by atoms with Crippen LogP contribution in [0.4, 0.5) is 0 Å². The van der Waals surface area contributed by atoms with E-state index in [9.17, 15) is 4.79 Å². The van der Waals surface area contributed by atoms with E-state index in [0.29, 0.717) is 0 Å². The number of hydrogen-bond acceptors (Lipinski definition) is 1. The minimum absolute atomic E-state index is 0.727. The first kappa shape index (κ1) is 13.0. The lowest BCUT2D eigenvalue weighted by Crippen LogP contribution is -1.87. The minimum atomic E-state index is 0.727. The second-order valence-corrected chi connectivity index (χ2v) is 4.29. The third-order valence-electron chi connectivity index (χ3n) is 2.97. The standard InChI is InChI=1S/C15H22O/c1-2-14-9-11-15(12-10-14)8-6-4-3-5-7-13-16/h9-13H,2-8H2,1H3. The number of aryl methyl sites for hydroxylation is 2. The van der Waals surface area contributed by atoms with Crippen molar-refractivity contribution in [3.63, 3.8) is 0 Å². The Morgan fingerprint density at radius 1 is 0.938 bits per heavy atom. The summed E-state index contributed by atoms with van der Waals surface area (Å²) in [6.45, 7) is 2.18. The van der Waals surface area contributed by atoms with E-state index in [-0.39, 0.29) is 0 Å². The Hall–Kier alpha value is -1.11. The van der Waals surface area contributed by atoms with Gasteiger partial charge in [-0.3, -0.25) is 0 Å². The minimum Gasteiger partial charge on any atom is -0.303 e. The van der Waals surface area contributed by atoms with Crippen LogP contribution < -0.4 is 0 Å². The van der Waals surface area contributed by atoms with Gasteiger partial charge in [0.05, 0.1) is 0 Å². The van der Waals surface area contributed by atoms with E-state index < -0.39 is 0 Å². The van der Waals surface area contributed by atoms with Gasteiger partial charge in [-0.2, -0.15) is 0 Å². The number of carbonyl (C=O) groups excluding carboxylic acids is 1. The van der Waals surface area contributed by atoms with Gasteiger partial charge < -0.3 is 4.79 Å². The maximum atomic E-state index is 10.1. The van der Waals surface area contributed by atoms with Gasteiger partial charge in [-0.15, -0.1) is 0 Å². The topological polar surface area (TPSA) is 17.1 Å². The highest BCUT2D eigenvalue weighted by molar-refractivity contribution is 5.48. The first-order chi connectivity index (χ1) is 7.86. The molecule has 0 N–H and O–H groups in total. The van der Waals surface area contributed by atoms with Crippen molar-refractivity contribution in [2.75, 3.05) is 0 Å². The highest BCUT2D eigenvalue weighted by Crippen LogP contribution is 2.10. The molecule has 1 rings (SSSR count). The molecule has 0 saturated heterocycles. The molecular weight excluding hydrogens is 196 g/mol. The second-order valence-electron chi connectivity index (χ2n) is 4.29. The van der Waals surface area contributed by atoms with Crippen molar-refractivity contribution < 1.29 is 4.79 Å². The van der Waals surface area contributed by atoms with E-state index in [4.69, 9.17) is 0 Å². The highest BCUT2D eigenvalue weighted by atomic mass is 16.1. The summed E-state index contributed by atoms with van der Waals surface area (Å²) in [4.78, 5) is 10.1. The van der Waals surface area contributed by atoms with Crippen molar-refractivity contribution in [2.45, 2.75) is 51.9 Å². The van der Waals surface area contributed by atoms with E-state index in [2.05, 4.69) is 31.2 Å². The Morgan fingerprint density at radius 3 is 2.19 bits per heavy atom. The van der Waals surface area contributed by atoms with Crippen molar-refractivity contribution in [1.82, 2.24) is 0 Å². The summed E-state index contributed by atoms with van der Waals surface area (Å²) < 4.78 is 0. The maximum Gasteiger partial charge on any atom is 0.119 e. The number of carbonyl (C=O) groups is 1. The van der Waals surface area contributed by atoms with Gasteiger partial charge in [0.15, 0.2) is 0 Å². The zero-order valence-electron chi connectivity index (χ0n) is 10.2. The number of unbranched alkanes of at least 4 members (excludes halogenated alkanes) is 4. The third-order valence-corrected chi connectivity index (χ3v) is 2.97. The Kier molecular flexibility index (Phi) is 6.55. The van der Waals surface area contributed by atoms with E-state index in [0.717, 1.165) is 25.5 Å². The summed E-state index contributed by atoms with van der Waals surface area (Å²) in [6.07, 6.45) is 8.75. The Morgan fingerprint density at radius 2 is 1.56 bits per heavy atom. The highest BCUT2D eigenvalue weighted by Gasteiger charge is 1.94. The number of benzene rings is 1. The first-order valence-corrected chi connectivity index (χ1v) is 6.38. The molecule has 0 amide bonds. The number of aldehydes is 1. The van der Waals surface area contributed by atoms with Crippen LogP contribution in [0, 0.1) is 0 Å². The van der Waals surface area contributed by atoms with Gasteiger partial charge in [-0.1, -0.05) is 44.0 Å². The predicted octanol–water partition coefficient (Wildman–Crippen LogP) is 3.94. The lowest BCUT2D eigenvalue weighted by atomic mass is 10.0. The predicted molar refractivity (Wildman–Crippen MR) is 68.7 cm³/mol. The molecule has 88 valence electrons. The largest absolute Gasteiger partial charge is 0.303 e. The average Bonchev–Trinajstić information content (AvgIpc) is 2.34. The summed E-state index contributed by atoms with van der Waals surface area (Å²) >= 11 is 0. The Bertz CT molecular complexity index is 287. The van der Waals surface area contributed by atoms with Gasteiger partial charge in [0, 0.05) is 6.42 Å². The molecule has 0 fully saturated rings. The summed E-state index contributed by atoms with van der Waals surface area (Å²) in [5.74, 6) is 0. The monoisotopic (exact) mass is 218 g/mol. The molecular formula is C15H22O. The zero-order chi connectivity index (χ0) is 11.6. The van der Waals surface area contributed by atoms with Crippen molar-refractivity contribution in [3.05, 3.63) is 35.4 Å². The molecule has 16 heavy (non-hydrogen) atoms. The summed E-state index contributed by atoms with van der Waals surface area (Å²) in [6, 6.07) is 8.93. The molecule has 0 aromatic heterocycles. The molecule has 0 heterocycles. The normalized spacial score (nSPS) is 10.3. The summed E-state index contributed by atoms with van der Waals surface area (Å²) in [7, 11) is 0. The second kappa shape index (κ2) is 8.09. The van der Waals surface area contributed by atoms with E-state index in [1.807, 2.05) is 0 Å². The SMILES string of the molecule is CCc1ccc(CCCCCCC=O)cc1. The molecule has 1 heteroatoms. The first-order valence-electron chi connectivity index (χ1n) is 6.38. The zero-order valence-corrected chi connectivity index (χ0v) is 10.2. The fourth-order valence-corrected chi connectivity index (χ4v) is 1.85. The molecule has 1 nitrogen and oxygen atoms in total. The van der Waals surface area contributed by atoms with Crippen molar-refractivity contribution >= 4 is 6.29 Å². The quantitative estimate of drug-likeness (QED) is 0.477. The van der Waals surface area contributed by atoms with Crippen LogP contribution in [0.1, 0.15) is 50.2 Å². The van der Waals surface area contributed by atoms with Crippen LogP contribution in [0.2, 0.25) is 0 Å². The Labute approximate surface area is 98.9 Å². The van der Waals surface area contributed by atoms with Gasteiger partial charge in [0.1, 0.15) is 6.29 Å². The Balaban J connectivity index is 2.14. The van der Waals surface area contributed by atoms with Gasteiger partial charge in [0.2, 0.25) is 0 Å². The lowest BCUT2D eigenvalue weighted by Gasteiger charge is -2.02. The van der Waals surface area contributed by atoms with Gasteiger partial charge >= 0.3 is 0 Å². The van der Waals surface area contributed by atoms with Gasteiger partial charge in [-0.05, 0) is 36.8 Å². The van der Waals surface area contributed by atoms with Crippen LogP contribution in [0.3, 0.4) is 0 Å². The molecule has 0 unspecified atom stereocenters. The van der Waals surface area contributed by atoms with Crippen LogP contribution in [0.15, 0.2) is 24.3 Å². The van der Waals surface area contributed by atoms with E-state index in [1.54, 1.807) is 0 Å². The van der Waals surface area contributed by atoms with Crippen LogP contribution in [0.5, 0.6) is 0 Å². The molecule has 1 aromatic carbocycles. The molecule has 0 atom stereocenters. The fraction of sp³-hybridized carbons (Fsp3) is 0.533. The van der Waals surface area contributed by atoms with Crippen LogP contribution in [0.25, 0.3) is 0 Å². The number of rotatable bonds is 8. The van der Waals surface area contributed by atoms with Crippen molar-refractivity contribution in [1.29, 1.82) is 0 Å². The van der Waals surface area contributed by atoms with E-state index >= 15 is 0 Å². The molecule has 0 aliphatic heterocycles. The van der Waals surface area contributed by atoms with E-state index in [1.165, 1.54) is 36.8 Å². The summed E-state index contributed by atoms with van der Waals surface area (Å²) in [5, 5.41) is 0. The lowest BCUT2D eigenvalue weighted by molar-refractivity contribution is -0.107. The smallest absolute Gasteiger partial charge is 0.119 e. The molecule has 0 spiro atoms. The van der Waals surface area contributed by atoms with Crippen LogP contribution >= 0.6 is 0 Å². The maximum absolute atomic E-state index is 10.1. The van der Waals surface area contributed by atoms with Crippen LogP contribution in [-0.4, -0.2) is 6.29 Å². The molecule has 1 aromatic rings. The van der Waals surface area contributed by atoms with Crippen molar-refractivity contribution in [2.24, 2.45) is 0 Å². The van der Waals surface area contributed by atoms with Crippen LogP contribution in [-0.2, 0) is 17.6 Å².